The second-order valence-electron chi connectivity index (χ2n) is 8.52. The van der Waals surface area contributed by atoms with Gasteiger partial charge in [0, 0.05) is 10.9 Å². The molecule has 4 aromatic rings. The summed E-state index contributed by atoms with van der Waals surface area (Å²) in [6.07, 6.45) is 6.81. The van der Waals surface area contributed by atoms with Crippen molar-refractivity contribution in [2.75, 3.05) is 4.90 Å². The fourth-order valence-electron chi connectivity index (χ4n) is 5.52. The molecule has 1 saturated heterocycles. The molecule has 1 saturated carbocycles. The largest absolute Gasteiger partial charge is 0.274 e. The van der Waals surface area contributed by atoms with Crippen molar-refractivity contribution >= 4 is 34.1 Å². The van der Waals surface area contributed by atoms with E-state index in [0.717, 1.165) is 28.5 Å². The Balaban J connectivity index is 1.24. The first kappa shape index (κ1) is 16.9. The van der Waals surface area contributed by atoms with Gasteiger partial charge in [0.2, 0.25) is 11.8 Å². The molecule has 0 radical (unpaired) electrons. The predicted octanol–water partition coefficient (Wildman–Crippen LogP) is 3.26. The molecule has 4 unspecified atom stereocenters. The van der Waals surface area contributed by atoms with Gasteiger partial charge in [0.05, 0.1) is 23.0 Å². The summed E-state index contributed by atoms with van der Waals surface area (Å²) in [7, 11) is 0. The molecule has 2 amide bonds. The maximum Gasteiger partial charge on any atom is 0.238 e. The van der Waals surface area contributed by atoms with Gasteiger partial charge < -0.3 is 0 Å². The van der Waals surface area contributed by atoms with Crippen molar-refractivity contribution in [1.82, 2.24) is 19.6 Å². The van der Waals surface area contributed by atoms with Gasteiger partial charge in [-0.2, -0.15) is 0 Å². The fraction of sp³-hybridized carbons (Fsp3) is 0.208. The van der Waals surface area contributed by atoms with Crippen LogP contribution < -0.4 is 4.90 Å². The third kappa shape index (κ3) is 2.20. The third-order valence-electron chi connectivity index (χ3n) is 6.94. The van der Waals surface area contributed by atoms with Gasteiger partial charge in [-0.05, 0) is 54.7 Å². The summed E-state index contributed by atoms with van der Waals surface area (Å²) in [6.45, 7) is 0. The normalized spacial score (nSPS) is 26.5. The molecular weight excluding hydrogens is 390 g/mol. The number of fused-ring (bicyclic) bond motifs is 8. The van der Waals surface area contributed by atoms with Crippen LogP contribution in [0.1, 0.15) is 6.42 Å². The number of imide groups is 1. The summed E-state index contributed by atoms with van der Waals surface area (Å²) in [5.74, 6) is 0.475. The number of rotatable bonds is 2. The van der Waals surface area contributed by atoms with Crippen LogP contribution >= 0.6 is 0 Å². The van der Waals surface area contributed by atoms with E-state index in [1.807, 2.05) is 48.5 Å². The van der Waals surface area contributed by atoms with Crippen LogP contribution in [0.3, 0.4) is 0 Å². The molecule has 7 nitrogen and oxygen atoms in total. The van der Waals surface area contributed by atoms with E-state index >= 15 is 0 Å². The highest BCUT2D eigenvalue weighted by Gasteiger charge is 2.59. The average molecular weight is 407 g/mol. The van der Waals surface area contributed by atoms with Crippen molar-refractivity contribution in [2.24, 2.45) is 23.7 Å². The van der Waals surface area contributed by atoms with Crippen LogP contribution in [0.25, 0.3) is 27.9 Å². The Morgan fingerprint density at radius 1 is 0.871 bits per heavy atom. The Morgan fingerprint density at radius 3 is 2.32 bits per heavy atom. The van der Waals surface area contributed by atoms with Crippen molar-refractivity contribution in [3.8, 4) is 11.4 Å². The molecule has 7 heteroatoms. The van der Waals surface area contributed by atoms with E-state index in [1.165, 1.54) is 4.90 Å². The molecule has 1 aliphatic heterocycles. The third-order valence-corrected chi connectivity index (χ3v) is 6.94. The summed E-state index contributed by atoms with van der Waals surface area (Å²) in [6, 6.07) is 15.2. The van der Waals surface area contributed by atoms with E-state index in [9.17, 15) is 9.59 Å². The van der Waals surface area contributed by atoms with E-state index in [-0.39, 0.29) is 35.5 Å². The molecule has 2 bridgehead atoms. The first-order valence-electron chi connectivity index (χ1n) is 10.5. The molecule has 3 heterocycles. The van der Waals surface area contributed by atoms with E-state index < -0.39 is 0 Å². The molecule has 2 fully saturated rings. The van der Waals surface area contributed by atoms with Gasteiger partial charge in [-0.25, -0.2) is 14.5 Å². The number of nitrogens with zero attached hydrogens (tertiary/aromatic N) is 5. The summed E-state index contributed by atoms with van der Waals surface area (Å²) < 4.78 is 1.67. The first-order chi connectivity index (χ1) is 15.2. The van der Waals surface area contributed by atoms with Gasteiger partial charge in [-0.15, -0.1) is 5.10 Å². The van der Waals surface area contributed by atoms with Crippen LogP contribution in [0.4, 0.5) is 5.69 Å². The minimum atomic E-state index is -0.192. The molecule has 7 rings (SSSR count). The molecule has 31 heavy (non-hydrogen) atoms. The van der Waals surface area contributed by atoms with Crippen LogP contribution in [0.5, 0.6) is 0 Å². The summed E-state index contributed by atoms with van der Waals surface area (Å²) in [5, 5.41) is 5.49. The predicted molar refractivity (Wildman–Crippen MR) is 114 cm³/mol. The van der Waals surface area contributed by atoms with Gasteiger partial charge in [-0.1, -0.05) is 24.3 Å². The van der Waals surface area contributed by atoms with Crippen molar-refractivity contribution in [3.63, 3.8) is 0 Å². The highest BCUT2D eigenvalue weighted by molar-refractivity contribution is 6.22. The lowest BCUT2D eigenvalue weighted by atomic mass is 9.85. The smallest absolute Gasteiger partial charge is 0.238 e. The summed E-state index contributed by atoms with van der Waals surface area (Å²) in [4.78, 5) is 36.5. The number of benzene rings is 2. The second kappa shape index (κ2) is 5.85. The Labute approximate surface area is 177 Å². The van der Waals surface area contributed by atoms with Gasteiger partial charge in [-0.3, -0.25) is 14.5 Å². The SMILES string of the molecule is O=C1C2C3C=CC(C3)C2C(=O)N1c1ccc(-c2nc3c4ccccc4ncn3n2)cc1. The number of aromatic nitrogens is 4. The van der Waals surface area contributed by atoms with Gasteiger partial charge in [0.25, 0.3) is 0 Å². The molecule has 2 aromatic carbocycles. The van der Waals surface area contributed by atoms with E-state index in [1.54, 1.807) is 10.8 Å². The highest BCUT2D eigenvalue weighted by Crippen LogP contribution is 2.53. The lowest BCUT2D eigenvalue weighted by Gasteiger charge is -2.17. The van der Waals surface area contributed by atoms with Crippen molar-refractivity contribution < 1.29 is 9.59 Å². The number of para-hydroxylation sites is 1. The Kier molecular flexibility index (Phi) is 3.18. The minimum absolute atomic E-state index is 0.0667. The number of hydrogen-bond acceptors (Lipinski definition) is 5. The number of amides is 2. The quantitative estimate of drug-likeness (QED) is 0.376. The summed E-state index contributed by atoms with van der Waals surface area (Å²) in [5.41, 5.74) is 3.04. The van der Waals surface area contributed by atoms with Crippen molar-refractivity contribution in [2.45, 2.75) is 6.42 Å². The van der Waals surface area contributed by atoms with Crippen molar-refractivity contribution in [1.29, 1.82) is 0 Å². The number of carbonyl (C=O) groups is 2. The molecule has 3 aliphatic rings. The van der Waals surface area contributed by atoms with Crippen LogP contribution in [0.2, 0.25) is 0 Å². The zero-order valence-electron chi connectivity index (χ0n) is 16.4. The molecular formula is C24H17N5O2. The minimum Gasteiger partial charge on any atom is -0.274 e. The maximum atomic E-state index is 13.0. The molecule has 2 aromatic heterocycles. The van der Waals surface area contributed by atoms with E-state index in [0.29, 0.717) is 11.5 Å². The second-order valence-corrected chi connectivity index (χ2v) is 8.52. The first-order valence-corrected chi connectivity index (χ1v) is 10.5. The van der Waals surface area contributed by atoms with Crippen LogP contribution in [0, 0.1) is 23.7 Å². The molecule has 150 valence electrons. The van der Waals surface area contributed by atoms with E-state index in [4.69, 9.17) is 4.98 Å². The Hall–Kier alpha value is -3.87. The van der Waals surface area contributed by atoms with Crippen LogP contribution in [-0.2, 0) is 9.59 Å². The average Bonchev–Trinajstić information content (AvgIpc) is 3.57. The molecule has 4 atom stereocenters. The monoisotopic (exact) mass is 407 g/mol. The van der Waals surface area contributed by atoms with E-state index in [2.05, 4.69) is 22.2 Å². The highest BCUT2D eigenvalue weighted by atomic mass is 16.2. The zero-order chi connectivity index (χ0) is 20.7. The topological polar surface area (TPSA) is 80.5 Å². The van der Waals surface area contributed by atoms with Crippen LogP contribution in [-0.4, -0.2) is 31.4 Å². The Morgan fingerprint density at radius 2 is 1.58 bits per heavy atom. The molecule has 0 spiro atoms. The lowest BCUT2D eigenvalue weighted by molar-refractivity contribution is -0.123. The zero-order valence-corrected chi connectivity index (χ0v) is 16.4. The van der Waals surface area contributed by atoms with Gasteiger partial charge in [0.1, 0.15) is 6.33 Å². The van der Waals surface area contributed by atoms with Crippen LogP contribution in [0.15, 0.2) is 67.0 Å². The Bertz CT molecular complexity index is 1410. The summed E-state index contributed by atoms with van der Waals surface area (Å²) >= 11 is 0. The number of anilines is 1. The maximum absolute atomic E-state index is 13.0. The lowest BCUT2D eigenvalue weighted by Crippen LogP contribution is -2.32. The van der Waals surface area contributed by atoms with Gasteiger partial charge in [0.15, 0.2) is 11.5 Å². The number of hydrogen-bond donors (Lipinski definition) is 0. The standard InChI is InChI=1S/C24H17N5O2/c30-23-19-14-5-6-15(11-14)20(19)24(31)29(23)16-9-7-13(8-10-16)21-26-22-17-3-1-2-4-18(17)25-12-28(22)27-21/h1-10,12,14-15,19-20H,11H2. The van der Waals surface area contributed by atoms with Gasteiger partial charge >= 0.3 is 0 Å². The molecule has 2 aliphatic carbocycles. The van der Waals surface area contributed by atoms with Crippen molar-refractivity contribution in [3.05, 3.63) is 67.0 Å². The number of allylic oxidation sites excluding steroid dienone is 2. The fourth-order valence-corrected chi connectivity index (χ4v) is 5.52. The molecule has 0 N–H and O–H groups in total. The number of carbonyl (C=O) groups excluding carboxylic acids is 2.